The number of aliphatic hydroxyl groups excluding tert-OH is 1. The van der Waals surface area contributed by atoms with Crippen LogP contribution in [0.3, 0.4) is 0 Å². The van der Waals surface area contributed by atoms with E-state index in [1.807, 2.05) is 76.2 Å². The van der Waals surface area contributed by atoms with Crippen molar-refractivity contribution in [1.82, 2.24) is 4.90 Å². The van der Waals surface area contributed by atoms with Crippen LogP contribution in [0.2, 0.25) is 0 Å². The standard InChI is InChI=1S/C32H35NO6/c1-20(2)19-38-26-13-8-11-24(17-26)30(34)28-29(23-10-7-14-27(16-23)39-21(3)4)33(32(36)31(28)35)18-22-9-6-12-25(15-22)37-5/h6-17,20-21,29,34H,18-19H2,1-5H3/b30-28-. The average Bonchev–Trinajstić information content (AvgIpc) is 3.16. The summed E-state index contributed by atoms with van der Waals surface area (Å²) in [5.41, 5.74) is 1.87. The molecule has 0 spiro atoms. The van der Waals surface area contributed by atoms with E-state index in [1.54, 1.807) is 31.4 Å². The largest absolute Gasteiger partial charge is 0.507 e. The van der Waals surface area contributed by atoms with Crippen LogP contribution in [-0.4, -0.2) is 41.5 Å². The summed E-state index contributed by atoms with van der Waals surface area (Å²) in [6, 6.07) is 20.7. The Morgan fingerprint density at radius 2 is 1.59 bits per heavy atom. The molecule has 0 radical (unpaired) electrons. The van der Waals surface area contributed by atoms with Crippen LogP contribution in [0.15, 0.2) is 78.4 Å². The van der Waals surface area contributed by atoms with Crippen LogP contribution < -0.4 is 14.2 Å². The summed E-state index contributed by atoms with van der Waals surface area (Å²) in [5.74, 6) is 0.462. The number of benzene rings is 3. The van der Waals surface area contributed by atoms with Crippen LogP contribution in [0.4, 0.5) is 0 Å². The molecule has 1 heterocycles. The molecule has 0 aliphatic carbocycles. The van der Waals surface area contributed by atoms with Crippen molar-refractivity contribution in [3.05, 3.63) is 95.1 Å². The molecule has 1 fully saturated rings. The molecule has 3 aromatic carbocycles. The maximum atomic E-state index is 13.5. The highest BCUT2D eigenvalue weighted by Gasteiger charge is 2.46. The zero-order valence-corrected chi connectivity index (χ0v) is 23.0. The van der Waals surface area contributed by atoms with Gasteiger partial charge in [-0.05, 0) is 67.3 Å². The molecule has 1 aliphatic rings. The topological polar surface area (TPSA) is 85.3 Å². The zero-order chi connectivity index (χ0) is 28.1. The molecule has 1 atom stereocenters. The fourth-order valence-corrected chi connectivity index (χ4v) is 4.54. The van der Waals surface area contributed by atoms with Crippen molar-refractivity contribution in [2.45, 2.75) is 46.4 Å². The van der Waals surface area contributed by atoms with Gasteiger partial charge in [-0.25, -0.2) is 0 Å². The van der Waals surface area contributed by atoms with Crippen molar-refractivity contribution in [2.75, 3.05) is 13.7 Å². The number of nitrogens with zero attached hydrogens (tertiary/aromatic N) is 1. The quantitative estimate of drug-likeness (QED) is 0.193. The number of carbonyl (C=O) groups is 2. The van der Waals surface area contributed by atoms with E-state index in [4.69, 9.17) is 14.2 Å². The summed E-state index contributed by atoms with van der Waals surface area (Å²) in [7, 11) is 1.57. The van der Waals surface area contributed by atoms with Gasteiger partial charge in [-0.1, -0.05) is 50.2 Å². The number of hydrogen-bond donors (Lipinski definition) is 1. The van der Waals surface area contributed by atoms with Gasteiger partial charge in [0.05, 0.1) is 31.4 Å². The third kappa shape index (κ3) is 6.42. The van der Waals surface area contributed by atoms with Crippen molar-refractivity contribution in [3.8, 4) is 17.2 Å². The van der Waals surface area contributed by atoms with Crippen molar-refractivity contribution in [3.63, 3.8) is 0 Å². The summed E-state index contributed by atoms with van der Waals surface area (Å²) in [4.78, 5) is 28.4. The molecular formula is C32H35NO6. The van der Waals surface area contributed by atoms with E-state index >= 15 is 0 Å². The van der Waals surface area contributed by atoms with E-state index in [-0.39, 0.29) is 24.0 Å². The van der Waals surface area contributed by atoms with E-state index in [2.05, 4.69) is 0 Å². The van der Waals surface area contributed by atoms with Gasteiger partial charge in [-0.2, -0.15) is 0 Å². The maximum absolute atomic E-state index is 13.5. The Labute approximate surface area is 229 Å². The molecule has 4 rings (SSSR count). The number of likely N-dealkylation sites (tertiary alicyclic amines) is 1. The number of ether oxygens (including phenoxy) is 3. The lowest BCUT2D eigenvalue weighted by molar-refractivity contribution is -0.140. The second-order valence-electron chi connectivity index (χ2n) is 10.3. The van der Waals surface area contributed by atoms with Gasteiger partial charge in [-0.15, -0.1) is 0 Å². The molecule has 0 aromatic heterocycles. The van der Waals surface area contributed by atoms with Crippen LogP contribution in [0.25, 0.3) is 5.76 Å². The van der Waals surface area contributed by atoms with Crippen molar-refractivity contribution in [1.29, 1.82) is 0 Å². The molecule has 3 aromatic rings. The average molecular weight is 530 g/mol. The lowest BCUT2D eigenvalue weighted by Gasteiger charge is -2.26. The van der Waals surface area contributed by atoms with Crippen LogP contribution in [0.5, 0.6) is 17.2 Å². The molecule has 204 valence electrons. The Bertz CT molecular complexity index is 1380. The van der Waals surface area contributed by atoms with Gasteiger partial charge >= 0.3 is 0 Å². The Morgan fingerprint density at radius 1 is 0.897 bits per heavy atom. The molecule has 0 bridgehead atoms. The second-order valence-corrected chi connectivity index (χ2v) is 10.3. The van der Waals surface area contributed by atoms with E-state index in [1.165, 1.54) is 4.90 Å². The number of aliphatic hydroxyl groups is 1. The molecule has 7 heteroatoms. The molecule has 1 unspecified atom stereocenters. The van der Waals surface area contributed by atoms with Crippen molar-refractivity contribution in [2.24, 2.45) is 5.92 Å². The summed E-state index contributed by atoms with van der Waals surface area (Å²) >= 11 is 0. The molecule has 1 saturated heterocycles. The number of amides is 1. The Kier molecular flexibility index (Phi) is 8.59. The molecule has 1 amide bonds. The van der Waals surface area contributed by atoms with Crippen LogP contribution >= 0.6 is 0 Å². The molecule has 39 heavy (non-hydrogen) atoms. The van der Waals surface area contributed by atoms with Gasteiger partial charge in [0.25, 0.3) is 11.7 Å². The highest BCUT2D eigenvalue weighted by Crippen LogP contribution is 2.41. The van der Waals surface area contributed by atoms with Crippen LogP contribution in [0, 0.1) is 5.92 Å². The van der Waals surface area contributed by atoms with Crippen LogP contribution in [-0.2, 0) is 16.1 Å². The minimum Gasteiger partial charge on any atom is -0.507 e. The lowest BCUT2D eigenvalue weighted by Crippen LogP contribution is -2.29. The third-order valence-corrected chi connectivity index (χ3v) is 6.26. The number of carbonyl (C=O) groups excluding carboxylic acids is 2. The summed E-state index contributed by atoms with van der Waals surface area (Å²) in [6.07, 6.45) is -0.0584. The summed E-state index contributed by atoms with van der Waals surface area (Å²) in [5, 5.41) is 11.5. The number of methoxy groups -OCH3 is 1. The monoisotopic (exact) mass is 529 g/mol. The van der Waals surface area contributed by atoms with Gasteiger partial charge in [0.15, 0.2) is 0 Å². The third-order valence-electron chi connectivity index (χ3n) is 6.26. The van der Waals surface area contributed by atoms with Crippen molar-refractivity contribution >= 4 is 17.4 Å². The molecule has 1 aliphatic heterocycles. The fourth-order valence-electron chi connectivity index (χ4n) is 4.54. The highest BCUT2D eigenvalue weighted by molar-refractivity contribution is 6.46. The first-order valence-electron chi connectivity index (χ1n) is 13.1. The summed E-state index contributed by atoms with van der Waals surface area (Å²) < 4.78 is 17.1. The number of Topliss-reactive ketones (excluding diaryl/α,β-unsaturated/α-hetero) is 1. The molecule has 7 nitrogen and oxygen atoms in total. The SMILES string of the molecule is COc1cccc(CN2C(=O)C(=O)/C(=C(\O)c3cccc(OCC(C)C)c3)C2c2cccc(OC(C)C)c2)c1. The first kappa shape index (κ1) is 27.8. The van der Waals surface area contributed by atoms with Crippen molar-refractivity contribution < 1.29 is 28.9 Å². The van der Waals surface area contributed by atoms with Gasteiger partial charge < -0.3 is 24.2 Å². The molecule has 0 saturated carbocycles. The first-order valence-corrected chi connectivity index (χ1v) is 13.1. The zero-order valence-electron chi connectivity index (χ0n) is 23.0. The first-order chi connectivity index (χ1) is 18.7. The summed E-state index contributed by atoms with van der Waals surface area (Å²) in [6.45, 7) is 8.61. The minimum atomic E-state index is -0.827. The van der Waals surface area contributed by atoms with E-state index in [0.717, 1.165) is 5.56 Å². The van der Waals surface area contributed by atoms with Crippen LogP contribution in [0.1, 0.15) is 50.4 Å². The molecule has 1 N–H and O–H groups in total. The van der Waals surface area contributed by atoms with Gasteiger partial charge in [0.1, 0.15) is 23.0 Å². The second kappa shape index (κ2) is 12.1. The van der Waals surface area contributed by atoms with Gasteiger partial charge in [0, 0.05) is 12.1 Å². The van der Waals surface area contributed by atoms with E-state index in [0.29, 0.717) is 40.9 Å². The Balaban J connectivity index is 1.82. The lowest BCUT2D eigenvalue weighted by atomic mass is 9.95. The predicted molar refractivity (Wildman–Crippen MR) is 150 cm³/mol. The minimum absolute atomic E-state index is 0.0191. The number of hydrogen-bond acceptors (Lipinski definition) is 6. The number of ketones is 1. The van der Waals surface area contributed by atoms with Gasteiger partial charge in [-0.3, -0.25) is 9.59 Å². The Morgan fingerprint density at radius 3 is 2.31 bits per heavy atom. The smallest absolute Gasteiger partial charge is 0.295 e. The van der Waals surface area contributed by atoms with E-state index in [9.17, 15) is 14.7 Å². The van der Waals surface area contributed by atoms with Gasteiger partial charge in [0.2, 0.25) is 0 Å². The molecular weight excluding hydrogens is 494 g/mol. The normalized spacial score (nSPS) is 16.7. The van der Waals surface area contributed by atoms with E-state index < -0.39 is 17.7 Å². The number of rotatable bonds is 10. The Hall–Kier alpha value is -4.26. The maximum Gasteiger partial charge on any atom is 0.295 e. The highest BCUT2D eigenvalue weighted by atomic mass is 16.5. The predicted octanol–water partition coefficient (Wildman–Crippen LogP) is 6.14. The fraction of sp³-hybridized carbons (Fsp3) is 0.312.